The van der Waals surface area contributed by atoms with Gasteiger partial charge >= 0.3 is 5.97 Å². The van der Waals surface area contributed by atoms with Crippen LogP contribution in [0, 0.1) is 0 Å². The van der Waals surface area contributed by atoms with Crippen LogP contribution in [0.3, 0.4) is 0 Å². The van der Waals surface area contributed by atoms with Gasteiger partial charge in [-0.05, 0) is 24.3 Å². The number of benzene rings is 2. The lowest BCUT2D eigenvalue weighted by Crippen LogP contribution is -2.26. The van der Waals surface area contributed by atoms with Gasteiger partial charge in [-0.3, -0.25) is 9.59 Å². The number of fused-ring (bicyclic) bond motifs is 1. The summed E-state index contributed by atoms with van der Waals surface area (Å²) in [7, 11) is 0. The third-order valence-corrected chi connectivity index (χ3v) is 3.98. The zero-order valence-electron chi connectivity index (χ0n) is 13.2. The molecule has 1 amide bonds. The van der Waals surface area contributed by atoms with Crippen molar-refractivity contribution in [2.24, 2.45) is 0 Å². The number of carbonyl (C=O) groups excluding carboxylic acids is 1. The summed E-state index contributed by atoms with van der Waals surface area (Å²) in [5.74, 6) is -1.28. The first kappa shape index (κ1) is 16.9. The summed E-state index contributed by atoms with van der Waals surface area (Å²) in [5, 5.41) is 12.7. The maximum Gasteiger partial charge on any atom is 0.305 e. The second-order valence-corrected chi connectivity index (χ2v) is 5.92. The molecule has 25 heavy (non-hydrogen) atoms. The van der Waals surface area contributed by atoms with E-state index in [1.807, 2.05) is 36.4 Å². The summed E-state index contributed by atoms with van der Waals surface area (Å²) in [5.41, 5.74) is 2.65. The van der Waals surface area contributed by atoms with Gasteiger partial charge in [0.05, 0.1) is 23.2 Å². The minimum atomic E-state index is -0.957. The second kappa shape index (κ2) is 7.32. The van der Waals surface area contributed by atoms with Gasteiger partial charge in [-0.1, -0.05) is 41.9 Å². The molecule has 1 heterocycles. The number of para-hydroxylation sites is 1. The smallest absolute Gasteiger partial charge is 0.305 e. The van der Waals surface area contributed by atoms with Gasteiger partial charge in [0.2, 0.25) is 0 Å². The first-order valence-corrected chi connectivity index (χ1v) is 8.08. The standard InChI is InChI=1S/C19H15ClN2O3/c20-13-7-5-12(6-8-13)17-11-15(19(25)21-10-9-18(23)24)14-3-1-2-4-16(14)22-17/h1-8,11H,9-10H2,(H,21,25)(H,23,24). The molecule has 0 fully saturated rings. The molecule has 2 aromatic carbocycles. The van der Waals surface area contributed by atoms with Crippen molar-refractivity contribution in [3.8, 4) is 11.3 Å². The van der Waals surface area contributed by atoms with Crippen LogP contribution in [0.25, 0.3) is 22.2 Å². The molecule has 3 rings (SSSR count). The first-order valence-electron chi connectivity index (χ1n) is 7.70. The molecule has 0 aliphatic heterocycles. The molecular weight excluding hydrogens is 340 g/mol. The summed E-state index contributed by atoms with van der Waals surface area (Å²) in [6, 6.07) is 16.3. The Labute approximate surface area is 149 Å². The van der Waals surface area contributed by atoms with E-state index in [0.29, 0.717) is 27.2 Å². The maximum absolute atomic E-state index is 12.5. The predicted molar refractivity (Wildman–Crippen MR) is 96.8 cm³/mol. The maximum atomic E-state index is 12.5. The number of aliphatic carboxylic acids is 1. The molecular formula is C19H15ClN2O3. The Hall–Kier alpha value is -2.92. The van der Waals surface area contributed by atoms with E-state index in [0.717, 1.165) is 5.56 Å². The number of pyridine rings is 1. The van der Waals surface area contributed by atoms with E-state index in [9.17, 15) is 9.59 Å². The number of amides is 1. The van der Waals surface area contributed by atoms with Crippen molar-refractivity contribution in [3.05, 3.63) is 65.2 Å². The lowest BCUT2D eigenvalue weighted by Gasteiger charge is -2.10. The summed E-state index contributed by atoms with van der Waals surface area (Å²) in [6.07, 6.45) is -0.126. The molecule has 0 aliphatic carbocycles. The Morgan fingerprint density at radius 2 is 1.80 bits per heavy atom. The van der Waals surface area contributed by atoms with Gasteiger partial charge in [-0.25, -0.2) is 4.98 Å². The topological polar surface area (TPSA) is 79.3 Å². The normalized spacial score (nSPS) is 10.6. The number of nitrogens with zero attached hydrogens (tertiary/aromatic N) is 1. The Kier molecular flexibility index (Phi) is 4.95. The molecule has 0 spiro atoms. The van der Waals surface area contributed by atoms with Crippen molar-refractivity contribution in [2.75, 3.05) is 6.54 Å². The van der Waals surface area contributed by atoms with E-state index >= 15 is 0 Å². The van der Waals surface area contributed by atoms with Crippen LogP contribution in [0.5, 0.6) is 0 Å². The molecule has 6 heteroatoms. The van der Waals surface area contributed by atoms with E-state index in [4.69, 9.17) is 16.7 Å². The van der Waals surface area contributed by atoms with E-state index < -0.39 is 5.97 Å². The van der Waals surface area contributed by atoms with Crippen molar-refractivity contribution in [1.29, 1.82) is 0 Å². The zero-order chi connectivity index (χ0) is 17.8. The van der Waals surface area contributed by atoms with Crippen LogP contribution >= 0.6 is 11.6 Å². The number of hydrogen-bond acceptors (Lipinski definition) is 3. The van der Waals surface area contributed by atoms with Gasteiger partial charge in [-0.15, -0.1) is 0 Å². The van der Waals surface area contributed by atoms with Crippen LogP contribution in [0.4, 0.5) is 0 Å². The minimum absolute atomic E-state index is 0.0705. The van der Waals surface area contributed by atoms with E-state index in [1.165, 1.54) is 0 Å². The van der Waals surface area contributed by atoms with Gasteiger partial charge in [0, 0.05) is 22.5 Å². The molecule has 0 saturated heterocycles. The highest BCUT2D eigenvalue weighted by Crippen LogP contribution is 2.25. The monoisotopic (exact) mass is 354 g/mol. The van der Waals surface area contributed by atoms with Crippen LogP contribution in [-0.2, 0) is 4.79 Å². The van der Waals surface area contributed by atoms with E-state index in [-0.39, 0.29) is 18.9 Å². The Morgan fingerprint density at radius 1 is 1.08 bits per heavy atom. The Morgan fingerprint density at radius 3 is 2.52 bits per heavy atom. The van der Waals surface area contributed by atoms with Crippen LogP contribution in [0.2, 0.25) is 5.02 Å². The SMILES string of the molecule is O=C(O)CCNC(=O)c1cc(-c2ccc(Cl)cc2)nc2ccccc12. The third-order valence-electron chi connectivity index (χ3n) is 3.73. The van der Waals surface area contributed by atoms with Gasteiger partial charge in [0.25, 0.3) is 5.91 Å². The number of aromatic nitrogens is 1. The summed E-state index contributed by atoms with van der Waals surface area (Å²) < 4.78 is 0. The summed E-state index contributed by atoms with van der Waals surface area (Å²) in [4.78, 5) is 27.8. The van der Waals surface area contributed by atoms with E-state index in [2.05, 4.69) is 10.3 Å². The molecule has 5 nitrogen and oxygen atoms in total. The fourth-order valence-corrected chi connectivity index (χ4v) is 2.64. The number of halogens is 1. The molecule has 0 atom stereocenters. The molecule has 3 aromatic rings. The van der Waals surface area contributed by atoms with Crippen molar-refractivity contribution in [1.82, 2.24) is 10.3 Å². The summed E-state index contributed by atoms with van der Waals surface area (Å²) >= 11 is 5.93. The van der Waals surface area contributed by atoms with Gasteiger partial charge in [-0.2, -0.15) is 0 Å². The molecule has 2 N–H and O–H groups in total. The second-order valence-electron chi connectivity index (χ2n) is 5.48. The largest absolute Gasteiger partial charge is 0.481 e. The Bertz CT molecular complexity index is 939. The van der Waals surface area contributed by atoms with Crippen LogP contribution in [0.1, 0.15) is 16.8 Å². The number of carboxylic acids is 1. The lowest BCUT2D eigenvalue weighted by atomic mass is 10.0. The average molecular weight is 355 g/mol. The third kappa shape index (κ3) is 3.95. The van der Waals surface area contributed by atoms with Crippen molar-refractivity contribution in [3.63, 3.8) is 0 Å². The lowest BCUT2D eigenvalue weighted by molar-refractivity contribution is -0.136. The van der Waals surface area contributed by atoms with E-state index in [1.54, 1.807) is 18.2 Å². The average Bonchev–Trinajstić information content (AvgIpc) is 2.61. The highest BCUT2D eigenvalue weighted by Gasteiger charge is 2.14. The van der Waals surface area contributed by atoms with Crippen molar-refractivity contribution < 1.29 is 14.7 Å². The van der Waals surface area contributed by atoms with Gasteiger partial charge in [0.1, 0.15) is 0 Å². The predicted octanol–water partition coefficient (Wildman–Crippen LogP) is 3.76. The fraction of sp³-hybridized carbons (Fsp3) is 0.105. The molecule has 0 bridgehead atoms. The number of nitrogens with one attached hydrogen (secondary N) is 1. The molecule has 0 saturated carbocycles. The number of carbonyl (C=O) groups is 2. The molecule has 0 aliphatic rings. The van der Waals surface area contributed by atoms with Crippen molar-refractivity contribution >= 4 is 34.4 Å². The van der Waals surface area contributed by atoms with Gasteiger partial charge in [0.15, 0.2) is 0 Å². The molecule has 126 valence electrons. The summed E-state index contributed by atoms with van der Waals surface area (Å²) in [6.45, 7) is 0.0705. The van der Waals surface area contributed by atoms with Crippen molar-refractivity contribution in [2.45, 2.75) is 6.42 Å². The van der Waals surface area contributed by atoms with Gasteiger partial charge < -0.3 is 10.4 Å². The van der Waals surface area contributed by atoms with Crippen LogP contribution in [0.15, 0.2) is 54.6 Å². The minimum Gasteiger partial charge on any atom is -0.481 e. The molecule has 0 unspecified atom stereocenters. The highest BCUT2D eigenvalue weighted by atomic mass is 35.5. The fourth-order valence-electron chi connectivity index (χ4n) is 2.51. The highest BCUT2D eigenvalue weighted by molar-refractivity contribution is 6.30. The number of carboxylic acid groups (broad SMARTS) is 1. The number of hydrogen-bond donors (Lipinski definition) is 2. The first-order chi connectivity index (χ1) is 12.0. The van der Waals surface area contributed by atoms with Crippen LogP contribution in [-0.4, -0.2) is 28.5 Å². The molecule has 0 radical (unpaired) electrons. The molecule has 1 aromatic heterocycles. The quantitative estimate of drug-likeness (QED) is 0.731. The Balaban J connectivity index is 2.02. The van der Waals surface area contributed by atoms with Crippen LogP contribution < -0.4 is 5.32 Å². The number of rotatable bonds is 5. The zero-order valence-corrected chi connectivity index (χ0v) is 14.0.